The van der Waals surface area contributed by atoms with Crippen LogP contribution in [0, 0.1) is 0 Å². The fraction of sp³-hybridized carbons (Fsp3) is 0.0909. The molecule has 1 amide bonds. The Morgan fingerprint density at radius 1 is 1.10 bits per heavy atom. The molecule has 6 nitrogen and oxygen atoms in total. The first-order chi connectivity index (χ1) is 14.1. The second kappa shape index (κ2) is 9.61. The summed E-state index contributed by atoms with van der Waals surface area (Å²) in [7, 11) is 1.46. The zero-order chi connectivity index (χ0) is 20.6. The summed E-state index contributed by atoms with van der Waals surface area (Å²) in [6.45, 7) is 0.304. The quantitative estimate of drug-likeness (QED) is 0.447. The van der Waals surface area contributed by atoms with Crippen molar-refractivity contribution in [3.63, 3.8) is 0 Å². The van der Waals surface area contributed by atoms with Crippen LogP contribution in [-0.4, -0.2) is 24.3 Å². The van der Waals surface area contributed by atoms with E-state index < -0.39 is 5.91 Å². The van der Waals surface area contributed by atoms with Crippen molar-refractivity contribution in [2.24, 2.45) is 5.10 Å². The summed E-state index contributed by atoms with van der Waals surface area (Å²) in [5.74, 6) is 0.391. The Bertz CT molecular complexity index is 1020. The van der Waals surface area contributed by atoms with E-state index in [1.54, 1.807) is 48.5 Å². The van der Waals surface area contributed by atoms with Gasteiger partial charge in [-0.1, -0.05) is 35.9 Å². The molecule has 0 radical (unpaired) electrons. The van der Waals surface area contributed by atoms with Crippen LogP contribution in [0.15, 0.2) is 71.8 Å². The van der Waals surface area contributed by atoms with Gasteiger partial charge in [0, 0.05) is 5.02 Å². The van der Waals surface area contributed by atoms with Crippen molar-refractivity contribution < 1.29 is 19.4 Å². The summed E-state index contributed by atoms with van der Waals surface area (Å²) >= 11 is 5.89. The highest BCUT2D eigenvalue weighted by Crippen LogP contribution is 2.25. The van der Waals surface area contributed by atoms with Gasteiger partial charge < -0.3 is 14.6 Å². The zero-order valence-electron chi connectivity index (χ0n) is 15.6. The lowest BCUT2D eigenvalue weighted by atomic mass is 10.2. The van der Waals surface area contributed by atoms with Gasteiger partial charge in [0.1, 0.15) is 12.4 Å². The topological polar surface area (TPSA) is 80.2 Å². The van der Waals surface area contributed by atoms with Crippen molar-refractivity contribution in [2.75, 3.05) is 7.11 Å². The summed E-state index contributed by atoms with van der Waals surface area (Å²) in [6, 6.07) is 19.0. The number of hydrogen-bond donors (Lipinski definition) is 2. The van der Waals surface area contributed by atoms with E-state index in [1.807, 2.05) is 12.1 Å². The molecule has 0 aromatic heterocycles. The van der Waals surface area contributed by atoms with Crippen molar-refractivity contribution in [1.29, 1.82) is 0 Å². The lowest BCUT2D eigenvalue weighted by Crippen LogP contribution is -2.18. The Morgan fingerprint density at radius 2 is 1.86 bits per heavy atom. The monoisotopic (exact) mass is 410 g/mol. The van der Waals surface area contributed by atoms with Gasteiger partial charge in [0.15, 0.2) is 11.5 Å². The van der Waals surface area contributed by atoms with Gasteiger partial charge in [-0.2, -0.15) is 5.10 Å². The lowest BCUT2D eigenvalue weighted by molar-refractivity contribution is 0.0950. The van der Waals surface area contributed by atoms with E-state index in [-0.39, 0.29) is 5.75 Å². The third kappa shape index (κ3) is 5.49. The maximum Gasteiger partial charge on any atom is 0.275 e. The number of rotatable bonds is 7. The second-order valence-corrected chi connectivity index (χ2v) is 6.48. The number of phenolic OH excluding ortho intramolecular Hbond substituents is 1. The van der Waals surface area contributed by atoms with Gasteiger partial charge in [-0.3, -0.25) is 4.79 Å². The van der Waals surface area contributed by atoms with Crippen molar-refractivity contribution >= 4 is 23.7 Å². The maximum absolute atomic E-state index is 12.5. The summed E-state index contributed by atoms with van der Waals surface area (Å²) in [4.78, 5) is 12.5. The molecule has 148 valence electrons. The summed E-state index contributed by atoms with van der Waals surface area (Å²) in [5.41, 5.74) is 4.43. The number of nitrogens with one attached hydrogen (secondary N) is 1. The Hall–Kier alpha value is -3.51. The molecule has 0 aliphatic rings. The van der Waals surface area contributed by atoms with Crippen LogP contribution < -0.4 is 14.9 Å². The predicted molar refractivity (Wildman–Crippen MR) is 112 cm³/mol. The van der Waals surface area contributed by atoms with Crippen molar-refractivity contribution in [2.45, 2.75) is 6.61 Å². The molecule has 0 atom stereocenters. The van der Waals surface area contributed by atoms with E-state index >= 15 is 0 Å². The summed E-state index contributed by atoms with van der Waals surface area (Å²) < 4.78 is 10.8. The van der Waals surface area contributed by atoms with Crippen LogP contribution in [0.25, 0.3) is 0 Å². The number of halogens is 1. The molecule has 0 aliphatic carbocycles. The third-order valence-corrected chi connectivity index (χ3v) is 4.27. The maximum atomic E-state index is 12.5. The van der Waals surface area contributed by atoms with Crippen molar-refractivity contribution in [3.05, 3.63) is 88.4 Å². The number of hydrazone groups is 1. The number of phenols is 1. The Morgan fingerprint density at radius 3 is 2.62 bits per heavy atom. The van der Waals surface area contributed by atoms with Crippen LogP contribution in [0.2, 0.25) is 5.02 Å². The second-order valence-electron chi connectivity index (χ2n) is 6.04. The summed E-state index contributed by atoms with van der Waals surface area (Å²) in [5, 5.41) is 14.2. The normalized spacial score (nSPS) is 10.7. The lowest BCUT2D eigenvalue weighted by Gasteiger charge is -2.10. The minimum absolute atomic E-state index is 0.0282. The Kier molecular flexibility index (Phi) is 6.71. The van der Waals surface area contributed by atoms with Gasteiger partial charge in [-0.15, -0.1) is 0 Å². The Labute approximate surface area is 173 Å². The van der Waals surface area contributed by atoms with Crippen molar-refractivity contribution in [1.82, 2.24) is 5.43 Å². The smallest absolute Gasteiger partial charge is 0.275 e. The van der Waals surface area contributed by atoms with E-state index in [1.165, 1.54) is 19.4 Å². The van der Waals surface area contributed by atoms with Gasteiger partial charge in [-0.05, 0) is 53.6 Å². The number of benzene rings is 3. The molecular weight excluding hydrogens is 392 g/mol. The molecule has 0 bridgehead atoms. The molecule has 0 unspecified atom stereocenters. The third-order valence-electron chi connectivity index (χ3n) is 4.02. The van der Waals surface area contributed by atoms with Crippen LogP contribution in [-0.2, 0) is 6.61 Å². The van der Waals surface area contributed by atoms with Gasteiger partial charge in [0.2, 0.25) is 0 Å². The number of amides is 1. The molecule has 0 aliphatic heterocycles. The molecular formula is C22H19ClN2O4. The number of aromatic hydroxyl groups is 1. The average Bonchev–Trinajstić information content (AvgIpc) is 2.74. The molecule has 3 rings (SSSR count). The van der Waals surface area contributed by atoms with Crippen LogP contribution in [0.1, 0.15) is 21.5 Å². The fourth-order valence-electron chi connectivity index (χ4n) is 2.52. The van der Waals surface area contributed by atoms with Gasteiger partial charge >= 0.3 is 0 Å². The van der Waals surface area contributed by atoms with Crippen LogP contribution >= 0.6 is 11.6 Å². The zero-order valence-corrected chi connectivity index (χ0v) is 16.4. The highest BCUT2D eigenvalue weighted by atomic mass is 35.5. The molecule has 3 aromatic carbocycles. The molecule has 0 saturated heterocycles. The minimum Gasteiger partial charge on any atom is -0.504 e. The largest absolute Gasteiger partial charge is 0.504 e. The van der Waals surface area contributed by atoms with Gasteiger partial charge in [0.05, 0.1) is 18.9 Å². The number of carbonyl (C=O) groups is 1. The van der Waals surface area contributed by atoms with Crippen molar-refractivity contribution in [3.8, 4) is 17.2 Å². The molecule has 3 aromatic rings. The van der Waals surface area contributed by atoms with Gasteiger partial charge in [-0.25, -0.2) is 5.43 Å². The van der Waals surface area contributed by atoms with E-state index in [0.29, 0.717) is 34.3 Å². The first-order valence-electron chi connectivity index (χ1n) is 8.73. The molecule has 0 heterocycles. The molecule has 2 N–H and O–H groups in total. The fourth-order valence-corrected chi connectivity index (χ4v) is 2.65. The van der Waals surface area contributed by atoms with Crippen LogP contribution in [0.4, 0.5) is 0 Å². The van der Waals surface area contributed by atoms with E-state index in [9.17, 15) is 9.90 Å². The first-order valence-corrected chi connectivity index (χ1v) is 9.11. The predicted octanol–water partition coefficient (Wildman–Crippen LogP) is 4.40. The molecule has 0 saturated carbocycles. The number of carbonyl (C=O) groups excluding carboxylic acids is 1. The van der Waals surface area contributed by atoms with E-state index in [4.69, 9.17) is 21.1 Å². The van der Waals surface area contributed by atoms with E-state index in [2.05, 4.69) is 10.5 Å². The minimum atomic E-state index is -0.404. The average molecular weight is 411 g/mol. The van der Waals surface area contributed by atoms with Crippen LogP contribution in [0.3, 0.4) is 0 Å². The van der Waals surface area contributed by atoms with E-state index in [0.717, 1.165) is 5.56 Å². The van der Waals surface area contributed by atoms with Crippen LogP contribution in [0.5, 0.6) is 17.2 Å². The number of methoxy groups -OCH3 is 1. The Balaban J connectivity index is 1.65. The molecule has 7 heteroatoms. The highest BCUT2D eigenvalue weighted by Gasteiger charge is 2.11. The van der Waals surface area contributed by atoms with Gasteiger partial charge in [0.25, 0.3) is 5.91 Å². The molecule has 0 fully saturated rings. The molecule has 0 spiro atoms. The SMILES string of the molecule is COc1cc(/C=N\NC(=O)c2ccccc2OCc2ccc(Cl)cc2)ccc1O. The number of para-hydroxylation sites is 1. The summed E-state index contributed by atoms with van der Waals surface area (Å²) in [6.07, 6.45) is 1.46. The highest BCUT2D eigenvalue weighted by molar-refractivity contribution is 6.30. The number of nitrogens with zero attached hydrogens (tertiary/aromatic N) is 1. The molecule has 29 heavy (non-hydrogen) atoms. The number of hydrogen-bond acceptors (Lipinski definition) is 5. The first kappa shape index (κ1) is 20.2. The standard InChI is InChI=1S/C22H19ClN2O4/c1-28-21-12-16(8-11-19(21)26)13-24-25-22(27)18-4-2-3-5-20(18)29-14-15-6-9-17(23)10-7-15/h2-13,26H,14H2,1H3,(H,25,27)/b24-13-. The number of ether oxygens (including phenoxy) is 2.